The van der Waals surface area contributed by atoms with Gasteiger partial charge in [-0.25, -0.2) is 0 Å². The standard InChI is InChI=1S/C25H39N3O3/c1-25(2,3)15-23(29)28(17-21-10-7-13-31-21)16-19-14-20(11-12-22(19)27(4)5)26-24(30)18-8-6-9-18/h11-12,14,18,21H,6-10,13,15-17H2,1-5H3,(H,26,30)/t21-/m1/s1. The summed E-state index contributed by atoms with van der Waals surface area (Å²) in [6, 6.07) is 6.01. The zero-order valence-electron chi connectivity index (χ0n) is 19.9. The zero-order chi connectivity index (χ0) is 22.6. The second-order valence-electron chi connectivity index (χ2n) is 10.5. The maximum atomic E-state index is 13.2. The average Bonchev–Trinajstić information content (AvgIpc) is 3.11. The summed E-state index contributed by atoms with van der Waals surface area (Å²) in [5.41, 5.74) is 2.83. The fourth-order valence-electron chi connectivity index (χ4n) is 4.20. The Balaban J connectivity index is 1.81. The van der Waals surface area contributed by atoms with Gasteiger partial charge in [-0.2, -0.15) is 0 Å². The molecule has 0 bridgehead atoms. The van der Waals surface area contributed by atoms with Crippen molar-refractivity contribution in [3.05, 3.63) is 23.8 Å². The van der Waals surface area contributed by atoms with Gasteiger partial charge in [-0.15, -0.1) is 0 Å². The molecule has 0 spiro atoms. The zero-order valence-corrected chi connectivity index (χ0v) is 19.9. The smallest absolute Gasteiger partial charge is 0.227 e. The predicted molar refractivity (Wildman–Crippen MR) is 125 cm³/mol. The monoisotopic (exact) mass is 429 g/mol. The van der Waals surface area contributed by atoms with Gasteiger partial charge >= 0.3 is 0 Å². The molecule has 1 aromatic rings. The molecule has 3 rings (SSSR count). The van der Waals surface area contributed by atoms with E-state index < -0.39 is 0 Å². The van der Waals surface area contributed by atoms with E-state index in [0.717, 1.165) is 55.6 Å². The van der Waals surface area contributed by atoms with Crippen molar-refractivity contribution in [3.8, 4) is 0 Å². The minimum absolute atomic E-state index is 0.0746. The molecule has 1 saturated carbocycles. The van der Waals surface area contributed by atoms with Gasteiger partial charge in [-0.1, -0.05) is 27.2 Å². The highest BCUT2D eigenvalue weighted by molar-refractivity contribution is 5.93. The number of amides is 2. The lowest BCUT2D eigenvalue weighted by atomic mass is 9.85. The summed E-state index contributed by atoms with van der Waals surface area (Å²) in [5.74, 6) is 0.396. The van der Waals surface area contributed by atoms with Crippen molar-refractivity contribution < 1.29 is 14.3 Å². The van der Waals surface area contributed by atoms with Crippen LogP contribution in [0, 0.1) is 11.3 Å². The highest BCUT2D eigenvalue weighted by atomic mass is 16.5. The maximum Gasteiger partial charge on any atom is 0.227 e. The molecule has 0 aromatic heterocycles. The van der Waals surface area contributed by atoms with E-state index >= 15 is 0 Å². The third-order valence-corrected chi connectivity index (χ3v) is 6.15. The molecule has 1 saturated heterocycles. The summed E-state index contributed by atoms with van der Waals surface area (Å²) in [6.45, 7) is 8.18. The first-order chi connectivity index (χ1) is 14.6. The summed E-state index contributed by atoms with van der Waals surface area (Å²) in [5, 5.41) is 3.08. The molecule has 2 fully saturated rings. The molecule has 1 heterocycles. The molecule has 2 aliphatic rings. The summed E-state index contributed by atoms with van der Waals surface area (Å²) < 4.78 is 5.84. The van der Waals surface area contributed by atoms with Crippen LogP contribution in [0.3, 0.4) is 0 Å². The van der Waals surface area contributed by atoms with Crippen LogP contribution in [0.4, 0.5) is 11.4 Å². The third-order valence-electron chi connectivity index (χ3n) is 6.15. The molecule has 6 nitrogen and oxygen atoms in total. The van der Waals surface area contributed by atoms with E-state index in [9.17, 15) is 9.59 Å². The molecule has 1 N–H and O–H groups in total. The van der Waals surface area contributed by atoms with E-state index in [1.54, 1.807) is 0 Å². The van der Waals surface area contributed by atoms with Gasteiger partial charge in [-0.05, 0) is 54.9 Å². The lowest BCUT2D eigenvalue weighted by molar-refractivity contribution is -0.135. The lowest BCUT2D eigenvalue weighted by Gasteiger charge is -2.30. The second kappa shape index (κ2) is 10.0. The van der Waals surface area contributed by atoms with Crippen LogP contribution in [-0.4, -0.2) is 50.1 Å². The normalized spacial score (nSPS) is 19.1. The average molecular weight is 430 g/mol. The number of anilines is 2. The Bertz CT molecular complexity index is 775. The first kappa shape index (κ1) is 23.6. The Hall–Kier alpha value is -2.08. The van der Waals surface area contributed by atoms with Gasteiger partial charge in [0.05, 0.1) is 6.10 Å². The number of hydrogen-bond donors (Lipinski definition) is 1. The third kappa shape index (κ3) is 6.70. The number of nitrogens with zero attached hydrogens (tertiary/aromatic N) is 2. The summed E-state index contributed by atoms with van der Waals surface area (Å²) in [7, 11) is 4.01. The van der Waals surface area contributed by atoms with Crippen LogP contribution in [0.15, 0.2) is 18.2 Å². The Morgan fingerprint density at radius 1 is 1.13 bits per heavy atom. The van der Waals surface area contributed by atoms with Crippen molar-refractivity contribution >= 4 is 23.2 Å². The van der Waals surface area contributed by atoms with Crippen LogP contribution in [0.25, 0.3) is 0 Å². The van der Waals surface area contributed by atoms with E-state index in [0.29, 0.717) is 19.5 Å². The molecular weight excluding hydrogens is 390 g/mol. The van der Waals surface area contributed by atoms with Crippen molar-refractivity contribution in [1.82, 2.24) is 4.90 Å². The van der Waals surface area contributed by atoms with Crippen LogP contribution in [0.2, 0.25) is 0 Å². The molecule has 1 aliphatic heterocycles. The maximum absolute atomic E-state index is 13.2. The van der Waals surface area contributed by atoms with Crippen LogP contribution in [0.1, 0.15) is 64.9 Å². The fraction of sp³-hybridized carbons (Fsp3) is 0.680. The van der Waals surface area contributed by atoms with E-state index in [1.807, 2.05) is 37.2 Å². The number of hydrogen-bond acceptors (Lipinski definition) is 4. The van der Waals surface area contributed by atoms with Gasteiger partial charge < -0.3 is 19.9 Å². The molecule has 172 valence electrons. The van der Waals surface area contributed by atoms with Gasteiger partial charge in [0.1, 0.15) is 0 Å². The van der Waals surface area contributed by atoms with Crippen molar-refractivity contribution in [2.75, 3.05) is 37.5 Å². The number of carbonyl (C=O) groups excluding carboxylic acids is 2. The molecular formula is C25H39N3O3. The second-order valence-corrected chi connectivity index (χ2v) is 10.5. The van der Waals surface area contributed by atoms with Gasteiger partial charge in [0.15, 0.2) is 0 Å². The van der Waals surface area contributed by atoms with E-state index in [4.69, 9.17) is 4.74 Å². The number of rotatable bonds is 8. The molecule has 2 amide bonds. The van der Waals surface area contributed by atoms with Crippen molar-refractivity contribution in [2.45, 2.75) is 71.9 Å². The highest BCUT2D eigenvalue weighted by Gasteiger charge is 2.28. The minimum Gasteiger partial charge on any atom is -0.377 e. The topological polar surface area (TPSA) is 61.9 Å². The largest absolute Gasteiger partial charge is 0.377 e. The summed E-state index contributed by atoms with van der Waals surface area (Å²) in [4.78, 5) is 29.7. The first-order valence-corrected chi connectivity index (χ1v) is 11.6. The van der Waals surface area contributed by atoms with Crippen molar-refractivity contribution in [1.29, 1.82) is 0 Å². The first-order valence-electron chi connectivity index (χ1n) is 11.6. The molecule has 1 aliphatic carbocycles. The van der Waals surface area contributed by atoms with Gasteiger partial charge in [0, 0.05) is 57.5 Å². The Morgan fingerprint density at radius 3 is 2.42 bits per heavy atom. The Kier molecular flexibility index (Phi) is 7.63. The molecule has 0 unspecified atom stereocenters. The van der Waals surface area contributed by atoms with Crippen LogP contribution in [-0.2, 0) is 20.9 Å². The molecule has 0 radical (unpaired) electrons. The number of nitrogens with one attached hydrogen (secondary N) is 1. The summed E-state index contributed by atoms with van der Waals surface area (Å²) in [6.07, 6.45) is 5.74. The van der Waals surface area contributed by atoms with E-state index in [1.165, 1.54) is 0 Å². The quantitative estimate of drug-likeness (QED) is 0.664. The van der Waals surface area contributed by atoms with Gasteiger partial charge in [0.25, 0.3) is 0 Å². The molecule has 1 aromatic carbocycles. The summed E-state index contributed by atoms with van der Waals surface area (Å²) >= 11 is 0. The Morgan fingerprint density at radius 2 is 1.87 bits per heavy atom. The molecule has 6 heteroatoms. The van der Waals surface area contributed by atoms with Crippen molar-refractivity contribution in [2.24, 2.45) is 11.3 Å². The predicted octanol–water partition coefficient (Wildman–Crippen LogP) is 4.44. The number of ether oxygens (including phenoxy) is 1. The highest BCUT2D eigenvalue weighted by Crippen LogP contribution is 2.30. The lowest BCUT2D eigenvalue weighted by Crippen LogP contribution is -2.38. The number of benzene rings is 1. The molecule has 31 heavy (non-hydrogen) atoms. The van der Waals surface area contributed by atoms with Crippen LogP contribution in [0.5, 0.6) is 0 Å². The minimum atomic E-state index is -0.0746. The van der Waals surface area contributed by atoms with Crippen LogP contribution >= 0.6 is 0 Å². The van der Waals surface area contributed by atoms with E-state index in [-0.39, 0.29) is 29.3 Å². The van der Waals surface area contributed by atoms with Crippen molar-refractivity contribution in [3.63, 3.8) is 0 Å². The van der Waals surface area contributed by atoms with Gasteiger partial charge in [0.2, 0.25) is 11.8 Å². The number of carbonyl (C=O) groups is 2. The van der Waals surface area contributed by atoms with Crippen LogP contribution < -0.4 is 10.2 Å². The fourth-order valence-corrected chi connectivity index (χ4v) is 4.20. The SMILES string of the molecule is CN(C)c1ccc(NC(=O)C2CCC2)cc1CN(C[C@H]1CCCO1)C(=O)CC(C)(C)C. The van der Waals surface area contributed by atoms with E-state index in [2.05, 4.69) is 31.0 Å². The van der Waals surface area contributed by atoms with Gasteiger partial charge in [-0.3, -0.25) is 9.59 Å². The Labute approximate surface area is 187 Å². The molecule has 1 atom stereocenters.